The van der Waals surface area contributed by atoms with Crippen molar-refractivity contribution in [1.82, 2.24) is 0 Å². The Hall–Kier alpha value is 0.400. The standard InChI is InChI=1S/C10H19BrO2/c1-12-7-4-8-13-10(9-11)5-2-3-6-10/h2-9H2,1H3. The van der Waals surface area contributed by atoms with Crippen LogP contribution >= 0.6 is 15.9 Å². The molecule has 1 fully saturated rings. The van der Waals surface area contributed by atoms with E-state index in [4.69, 9.17) is 9.47 Å². The van der Waals surface area contributed by atoms with Crippen molar-refractivity contribution < 1.29 is 9.47 Å². The first kappa shape index (κ1) is 11.5. The molecule has 13 heavy (non-hydrogen) atoms. The molecule has 1 rings (SSSR count). The molecule has 0 aliphatic heterocycles. The third-order valence-electron chi connectivity index (χ3n) is 2.66. The Morgan fingerprint density at radius 2 is 1.92 bits per heavy atom. The second-order valence-corrected chi connectivity index (χ2v) is 4.28. The smallest absolute Gasteiger partial charge is 0.0778 e. The summed E-state index contributed by atoms with van der Waals surface area (Å²) in [7, 11) is 1.73. The second-order valence-electron chi connectivity index (χ2n) is 3.72. The van der Waals surface area contributed by atoms with Gasteiger partial charge in [0.1, 0.15) is 0 Å². The molecule has 3 heteroatoms. The SMILES string of the molecule is COCCCOC1(CBr)CCCC1. The predicted molar refractivity (Wildman–Crippen MR) is 57.4 cm³/mol. The van der Waals surface area contributed by atoms with Crippen molar-refractivity contribution in [2.75, 3.05) is 25.7 Å². The molecule has 0 radical (unpaired) electrons. The van der Waals surface area contributed by atoms with Crippen molar-refractivity contribution in [3.63, 3.8) is 0 Å². The predicted octanol–water partition coefficient (Wildman–Crippen LogP) is 2.75. The second kappa shape index (κ2) is 5.99. The Labute approximate surface area is 89.1 Å². The fourth-order valence-corrected chi connectivity index (χ4v) is 2.55. The van der Waals surface area contributed by atoms with Crippen LogP contribution in [0.2, 0.25) is 0 Å². The molecule has 0 aromatic carbocycles. The van der Waals surface area contributed by atoms with Crippen molar-refractivity contribution in [3.05, 3.63) is 0 Å². The maximum atomic E-state index is 5.91. The molecule has 78 valence electrons. The molecule has 1 aliphatic rings. The van der Waals surface area contributed by atoms with Crippen molar-refractivity contribution in [1.29, 1.82) is 0 Å². The zero-order valence-electron chi connectivity index (χ0n) is 8.35. The highest BCUT2D eigenvalue weighted by Crippen LogP contribution is 2.34. The van der Waals surface area contributed by atoms with E-state index in [-0.39, 0.29) is 5.60 Å². The van der Waals surface area contributed by atoms with Crippen LogP contribution < -0.4 is 0 Å². The van der Waals surface area contributed by atoms with Gasteiger partial charge in [-0.2, -0.15) is 0 Å². The summed E-state index contributed by atoms with van der Waals surface area (Å²) in [5.41, 5.74) is 0.147. The lowest BCUT2D eigenvalue weighted by molar-refractivity contribution is -0.0282. The summed E-state index contributed by atoms with van der Waals surface area (Å²) in [6.07, 6.45) is 6.06. The molecule has 0 unspecified atom stereocenters. The zero-order valence-corrected chi connectivity index (χ0v) is 9.94. The van der Waals surface area contributed by atoms with Gasteiger partial charge >= 0.3 is 0 Å². The van der Waals surface area contributed by atoms with E-state index in [1.54, 1.807) is 7.11 Å². The molecule has 0 amide bonds. The molecule has 0 bridgehead atoms. The molecule has 0 N–H and O–H groups in total. The average Bonchev–Trinajstić information content (AvgIpc) is 2.62. The van der Waals surface area contributed by atoms with Crippen LogP contribution in [0.4, 0.5) is 0 Å². The molecule has 2 nitrogen and oxygen atoms in total. The van der Waals surface area contributed by atoms with Crippen LogP contribution in [0.5, 0.6) is 0 Å². The average molecular weight is 251 g/mol. The van der Waals surface area contributed by atoms with Crippen LogP contribution in [-0.4, -0.2) is 31.3 Å². The minimum atomic E-state index is 0.147. The van der Waals surface area contributed by atoms with Gasteiger partial charge in [-0.15, -0.1) is 0 Å². The Kier molecular flexibility index (Phi) is 5.29. The summed E-state index contributed by atoms with van der Waals surface area (Å²) in [6, 6.07) is 0. The first-order valence-corrected chi connectivity index (χ1v) is 6.14. The maximum absolute atomic E-state index is 5.91. The molecular formula is C10H19BrO2. The zero-order chi connectivity index (χ0) is 9.57. The Morgan fingerprint density at radius 1 is 1.23 bits per heavy atom. The first-order valence-electron chi connectivity index (χ1n) is 5.02. The molecule has 1 saturated carbocycles. The van der Waals surface area contributed by atoms with Gasteiger partial charge in [-0.25, -0.2) is 0 Å². The lowest BCUT2D eigenvalue weighted by Gasteiger charge is -2.26. The van der Waals surface area contributed by atoms with Crippen LogP contribution in [0.1, 0.15) is 32.1 Å². The van der Waals surface area contributed by atoms with Gasteiger partial charge in [0.05, 0.1) is 5.60 Å². The van der Waals surface area contributed by atoms with Gasteiger partial charge in [0.2, 0.25) is 0 Å². The highest BCUT2D eigenvalue weighted by Gasteiger charge is 2.33. The molecule has 1 aliphatic carbocycles. The summed E-state index contributed by atoms with van der Waals surface area (Å²) in [5.74, 6) is 0. The lowest BCUT2D eigenvalue weighted by Crippen LogP contribution is -2.31. The quantitative estimate of drug-likeness (QED) is 0.533. The number of methoxy groups -OCH3 is 1. The van der Waals surface area contributed by atoms with Crippen molar-refractivity contribution in [2.45, 2.75) is 37.7 Å². The van der Waals surface area contributed by atoms with Crippen LogP contribution in [0.3, 0.4) is 0 Å². The van der Waals surface area contributed by atoms with Gasteiger partial charge in [-0.05, 0) is 19.3 Å². The molecule has 0 heterocycles. The van der Waals surface area contributed by atoms with Crippen LogP contribution in [-0.2, 0) is 9.47 Å². The third kappa shape index (κ3) is 3.56. The number of halogens is 1. The number of alkyl halides is 1. The van der Waals surface area contributed by atoms with Gasteiger partial charge in [-0.3, -0.25) is 0 Å². The van der Waals surface area contributed by atoms with E-state index in [0.717, 1.165) is 25.0 Å². The maximum Gasteiger partial charge on any atom is 0.0778 e. The van der Waals surface area contributed by atoms with Gasteiger partial charge in [0.15, 0.2) is 0 Å². The summed E-state index contributed by atoms with van der Waals surface area (Å²) < 4.78 is 10.9. The first-order chi connectivity index (χ1) is 6.33. The van der Waals surface area contributed by atoms with Gasteiger partial charge in [0, 0.05) is 25.7 Å². The Balaban J connectivity index is 2.16. The highest BCUT2D eigenvalue weighted by molar-refractivity contribution is 9.09. The summed E-state index contributed by atoms with van der Waals surface area (Å²) in [6.45, 7) is 1.64. The number of rotatable bonds is 6. The van der Waals surface area contributed by atoms with Gasteiger partial charge < -0.3 is 9.47 Å². The Morgan fingerprint density at radius 3 is 2.46 bits per heavy atom. The largest absolute Gasteiger partial charge is 0.385 e. The van der Waals surface area contributed by atoms with E-state index in [0.29, 0.717) is 0 Å². The lowest BCUT2D eigenvalue weighted by atomic mass is 10.1. The van der Waals surface area contributed by atoms with Crippen LogP contribution in [0, 0.1) is 0 Å². The number of hydrogen-bond acceptors (Lipinski definition) is 2. The van der Waals surface area contributed by atoms with Crippen molar-refractivity contribution in [2.24, 2.45) is 0 Å². The number of ether oxygens (including phenoxy) is 2. The van der Waals surface area contributed by atoms with E-state index in [9.17, 15) is 0 Å². The third-order valence-corrected chi connectivity index (χ3v) is 3.68. The topological polar surface area (TPSA) is 18.5 Å². The van der Waals surface area contributed by atoms with E-state index in [1.807, 2.05) is 0 Å². The van der Waals surface area contributed by atoms with Crippen LogP contribution in [0.15, 0.2) is 0 Å². The Bertz CT molecular complexity index is 133. The molecule has 0 atom stereocenters. The van der Waals surface area contributed by atoms with Crippen molar-refractivity contribution >= 4 is 15.9 Å². The molecule has 0 aromatic heterocycles. The van der Waals surface area contributed by atoms with Gasteiger partial charge in [0.25, 0.3) is 0 Å². The monoisotopic (exact) mass is 250 g/mol. The molecule has 0 aromatic rings. The fraction of sp³-hybridized carbons (Fsp3) is 1.00. The molecular weight excluding hydrogens is 232 g/mol. The number of hydrogen-bond donors (Lipinski definition) is 0. The van der Waals surface area contributed by atoms with E-state index in [1.165, 1.54) is 25.7 Å². The van der Waals surface area contributed by atoms with Crippen molar-refractivity contribution in [3.8, 4) is 0 Å². The normalized spacial score (nSPS) is 20.8. The van der Waals surface area contributed by atoms with E-state index < -0.39 is 0 Å². The van der Waals surface area contributed by atoms with Gasteiger partial charge in [-0.1, -0.05) is 28.8 Å². The minimum absolute atomic E-state index is 0.147. The van der Waals surface area contributed by atoms with Crippen LogP contribution in [0.25, 0.3) is 0 Å². The summed E-state index contributed by atoms with van der Waals surface area (Å²) >= 11 is 3.55. The summed E-state index contributed by atoms with van der Waals surface area (Å²) in [5, 5.41) is 0.979. The van der Waals surface area contributed by atoms with E-state index >= 15 is 0 Å². The highest BCUT2D eigenvalue weighted by atomic mass is 79.9. The molecule has 0 spiro atoms. The fourth-order valence-electron chi connectivity index (χ4n) is 1.83. The minimum Gasteiger partial charge on any atom is -0.385 e. The summed E-state index contributed by atoms with van der Waals surface area (Å²) in [4.78, 5) is 0. The van der Waals surface area contributed by atoms with E-state index in [2.05, 4.69) is 15.9 Å². The molecule has 0 saturated heterocycles.